The van der Waals surface area contributed by atoms with Gasteiger partial charge in [-0.05, 0) is 13.0 Å². The number of aromatic nitrogens is 2. The topological polar surface area (TPSA) is 17.8 Å². The summed E-state index contributed by atoms with van der Waals surface area (Å²) in [5.41, 5.74) is 0. The second-order valence-corrected chi connectivity index (χ2v) is 2.15. The Labute approximate surface area is 64.8 Å². The average molecular weight is 155 g/mol. The van der Waals surface area contributed by atoms with Gasteiger partial charge in [0.05, 0.1) is 0 Å². The molecule has 1 aromatic heterocycles. The van der Waals surface area contributed by atoms with E-state index in [-0.39, 0.29) is 0 Å². The van der Waals surface area contributed by atoms with E-state index in [0.717, 1.165) is 0 Å². The van der Waals surface area contributed by atoms with Crippen molar-refractivity contribution >= 4 is 11.6 Å². The lowest BCUT2D eigenvalue weighted by Gasteiger charge is -1.88. The molecular formula is C7H7ClN2. The normalized spacial score (nSPS) is 8.60. The van der Waals surface area contributed by atoms with Crippen LogP contribution >= 0.6 is 11.6 Å². The number of halogens is 1. The van der Waals surface area contributed by atoms with Gasteiger partial charge in [0, 0.05) is 6.20 Å². The summed E-state index contributed by atoms with van der Waals surface area (Å²) in [6.07, 6.45) is 1.80. The molecule has 0 aliphatic rings. The van der Waals surface area contributed by atoms with Gasteiger partial charge in [0.15, 0.2) is 5.15 Å². The van der Waals surface area contributed by atoms with Gasteiger partial charge < -0.3 is 0 Å². The molecule has 2 nitrogen and oxygen atoms in total. The van der Waals surface area contributed by atoms with Crippen molar-refractivity contribution in [3.05, 3.63) is 17.4 Å². The van der Waals surface area contributed by atoms with Crippen molar-refractivity contribution < 1.29 is 0 Å². The third-order valence-corrected chi connectivity index (χ3v) is 1.23. The van der Waals surface area contributed by atoms with Crippen LogP contribution < -0.4 is 0 Å². The van der Waals surface area contributed by atoms with Crippen molar-refractivity contribution in [2.45, 2.75) is 13.5 Å². The Bertz CT molecular complexity index is 267. The summed E-state index contributed by atoms with van der Waals surface area (Å²) in [4.78, 5) is 0. The summed E-state index contributed by atoms with van der Waals surface area (Å²) >= 11 is 5.56. The lowest BCUT2D eigenvalue weighted by molar-refractivity contribution is 0.715. The highest BCUT2D eigenvalue weighted by atomic mass is 35.5. The van der Waals surface area contributed by atoms with Crippen LogP contribution in [0.15, 0.2) is 12.3 Å². The molecule has 0 aromatic carbocycles. The van der Waals surface area contributed by atoms with Crippen LogP contribution in [0.25, 0.3) is 0 Å². The Hall–Kier alpha value is -0.940. The molecule has 0 radical (unpaired) electrons. The summed E-state index contributed by atoms with van der Waals surface area (Å²) in [5, 5.41) is 4.44. The number of nitrogens with zero attached hydrogens (tertiary/aromatic N) is 2. The Morgan fingerprint density at radius 2 is 2.60 bits per heavy atom. The third-order valence-electron chi connectivity index (χ3n) is 1.03. The molecule has 0 saturated heterocycles. The number of hydrogen-bond acceptors (Lipinski definition) is 1. The lowest BCUT2D eigenvalue weighted by Crippen LogP contribution is -1.94. The molecule has 10 heavy (non-hydrogen) atoms. The zero-order valence-corrected chi connectivity index (χ0v) is 6.39. The van der Waals surface area contributed by atoms with Crippen LogP contribution in [0.1, 0.15) is 6.92 Å². The first-order chi connectivity index (χ1) is 4.83. The summed E-state index contributed by atoms with van der Waals surface area (Å²) in [7, 11) is 0. The summed E-state index contributed by atoms with van der Waals surface area (Å²) < 4.78 is 1.69. The van der Waals surface area contributed by atoms with Crippen molar-refractivity contribution in [1.82, 2.24) is 9.78 Å². The molecule has 0 unspecified atom stereocenters. The van der Waals surface area contributed by atoms with E-state index in [0.29, 0.717) is 11.7 Å². The van der Waals surface area contributed by atoms with Gasteiger partial charge >= 0.3 is 0 Å². The zero-order chi connectivity index (χ0) is 7.40. The maximum Gasteiger partial charge on any atom is 0.151 e. The van der Waals surface area contributed by atoms with Gasteiger partial charge in [0.2, 0.25) is 0 Å². The highest BCUT2D eigenvalue weighted by molar-refractivity contribution is 6.29. The molecule has 1 rings (SSSR count). The fourth-order valence-corrected chi connectivity index (χ4v) is 0.738. The molecule has 0 fully saturated rings. The number of hydrogen-bond donors (Lipinski definition) is 0. The highest BCUT2D eigenvalue weighted by Gasteiger charge is 1.90. The Kier molecular flexibility index (Phi) is 2.35. The van der Waals surface area contributed by atoms with E-state index < -0.39 is 0 Å². The molecule has 1 aromatic rings. The molecule has 0 spiro atoms. The summed E-state index contributed by atoms with van der Waals surface area (Å²) in [5.74, 6) is 5.64. The van der Waals surface area contributed by atoms with Gasteiger partial charge in [0.25, 0.3) is 0 Å². The van der Waals surface area contributed by atoms with Crippen LogP contribution in [0.3, 0.4) is 0 Å². The summed E-state index contributed by atoms with van der Waals surface area (Å²) in [6.45, 7) is 2.41. The van der Waals surface area contributed by atoms with E-state index >= 15 is 0 Å². The third kappa shape index (κ3) is 1.78. The molecule has 0 bridgehead atoms. The standard InChI is InChI=1S/C7H7ClN2/c1-2-3-5-10-6-4-7(8)9-10/h4,6H,5H2,1H3. The van der Waals surface area contributed by atoms with Gasteiger partial charge in [-0.15, -0.1) is 5.92 Å². The van der Waals surface area contributed by atoms with Crippen molar-refractivity contribution in [1.29, 1.82) is 0 Å². The fraction of sp³-hybridized carbons (Fsp3) is 0.286. The van der Waals surface area contributed by atoms with Crippen LogP contribution in [0.5, 0.6) is 0 Å². The second kappa shape index (κ2) is 3.28. The zero-order valence-electron chi connectivity index (χ0n) is 5.63. The molecule has 0 atom stereocenters. The van der Waals surface area contributed by atoms with Gasteiger partial charge in [-0.3, -0.25) is 4.68 Å². The van der Waals surface area contributed by atoms with Crippen LogP contribution in [0.2, 0.25) is 5.15 Å². The second-order valence-electron chi connectivity index (χ2n) is 1.76. The van der Waals surface area contributed by atoms with E-state index in [1.54, 1.807) is 23.9 Å². The maximum atomic E-state index is 5.56. The minimum absolute atomic E-state index is 0.512. The molecule has 0 aliphatic carbocycles. The summed E-state index contributed by atoms with van der Waals surface area (Å²) in [6, 6.07) is 1.74. The average Bonchev–Trinajstić information content (AvgIpc) is 2.31. The van der Waals surface area contributed by atoms with E-state index in [4.69, 9.17) is 11.6 Å². The monoisotopic (exact) mass is 154 g/mol. The van der Waals surface area contributed by atoms with Crippen LogP contribution in [-0.2, 0) is 6.54 Å². The SMILES string of the molecule is CC#CCn1ccc(Cl)n1. The van der Waals surface area contributed by atoms with Crippen LogP contribution in [0, 0.1) is 11.8 Å². The van der Waals surface area contributed by atoms with Gasteiger partial charge in [-0.1, -0.05) is 17.5 Å². The quantitative estimate of drug-likeness (QED) is 0.562. The van der Waals surface area contributed by atoms with E-state index in [1.165, 1.54) is 0 Å². The van der Waals surface area contributed by atoms with Crippen molar-refractivity contribution in [2.75, 3.05) is 0 Å². The Balaban J connectivity index is 2.64. The first-order valence-electron chi connectivity index (χ1n) is 2.91. The van der Waals surface area contributed by atoms with E-state index in [1.807, 2.05) is 0 Å². The largest absolute Gasteiger partial charge is 0.259 e. The predicted octanol–water partition coefficient (Wildman–Crippen LogP) is 1.56. The first kappa shape index (κ1) is 7.17. The molecular weight excluding hydrogens is 148 g/mol. The van der Waals surface area contributed by atoms with Crippen molar-refractivity contribution in [3.8, 4) is 11.8 Å². The minimum atomic E-state index is 0.512. The van der Waals surface area contributed by atoms with Gasteiger partial charge in [-0.25, -0.2) is 0 Å². The first-order valence-corrected chi connectivity index (χ1v) is 3.29. The van der Waals surface area contributed by atoms with Gasteiger partial charge in [0.1, 0.15) is 6.54 Å². The fourth-order valence-electron chi connectivity index (χ4n) is 0.585. The molecule has 1 heterocycles. The Morgan fingerprint density at radius 1 is 1.80 bits per heavy atom. The maximum absolute atomic E-state index is 5.56. The van der Waals surface area contributed by atoms with E-state index in [9.17, 15) is 0 Å². The molecule has 0 aliphatic heterocycles. The molecule has 0 saturated carbocycles. The van der Waals surface area contributed by atoms with Crippen LogP contribution in [-0.4, -0.2) is 9.78 Å². The molecule has 0 N–H and O–H groups in total. The molecule has 52 valence electrons. The Morgan fingerprint density at radius 3 is 3.10 bits per heavy atom. The highest BCUT2D eigenvalue weighted by Crippen LogP contribution is 2.01. The van der Waals surface area contributed by atoms with E-state index in [2.05, 4.69) is 16.9 Å². The predicted molar refractivity (Wildman–Crippen MR) is 40.7 cm³/mol. The molecule has 3 heteroatoms. The number of rotatable bonds is 1. The molecule has 0 amide bonds. The minimum Gasteiger partial charge on any atom is -0.259 e. The van der Waals surface area contributed by atoms with Crippen molar-refractivity contribution in [2.24, 2.45) is 0 Å². The smallest absolute Gasteiger partial charge is 0.151 e. The van der Waals surface area contributed by atoms with Gasteiger partial charge in [-0.2, -0.15) is 5.10 Å². The van der Waals surface area contributed by atoms with Crippen molar-refractivity contribution in [3.63, 3.8) is 0 Å². The van der Waals surface area contributed by atoms with Crippen LogP contribution in [0.4, 0.5) is 0 Å². The lowest BCUT2D eigenvalue weighted by atomic mass is 10.6.